The molecule has 592 valence electrons. The predicted molar refractivity (Wildman–Crippen MR) is 374 cm³/mol. The Morgan fingerprint density at radius 1 is 0.566 bits per heavy atom. The molecule has 6 heterocycles. The summed E-state index contributed by atoms with van der Waals surface area (Å²) in [5.74, 6) is -22.1. The summed E-state index contributed by atoms with van der Waals surface area (Å²) in [6.07, 6.45) is -7.70. The van der Waals surface area contributed by atoms with Crippen LogP contribution in [0.25, 0.3) is 44.1 Å². The van der Waals surface area contributed by atoms with Gasteiger partial charge in [-0.3, -0.25) is 52.7 Å². The fraction of sp³-hybridized carbons (Fsp3) is 0.356. The van der Waals surface area contributed by atoms with Gasteiger partial charge in [0, 0.05) is 134 Å². The van der Waals surface area contributed by atoms with Gasteiger partial charge < -0.3 is 16.1 Å². The number of Topliss-reactive ketones (excluding diaryl/α,β-unsaturated/α-hetero) is 2. The maximum absolute atomic E-state index is 15.4. The summed E-state index contributed by atoms with van der Waals surface area (Å²) in [6, 6.07) is 17.9. The molecule has 23 nitrogen and oxygen atoms in total. The van der Waals surface area contributed by atoms with Crippen molar-refractivity contribution in [3.8, 4) is 22.3 Å². The average Bonchev–Trinajstić information content (AvgIpc) is 1.52. The monoisotopic (exact) mass is 1640 g/mol. The third-order valence-corrected chi connectivity index (χ3v) is 21.5. The quantitative estimate of drug-likeness (QED) is 0.0471. The minimum atomic E-state index is -5.07. The number of fused-ring (bicyclic) bond motifs is 8. The zero-order valence-corrected chi connectivity index (χ0v) is 64.3. The molecule has 0 radical (unpaired) electrons. The zero-order chi connectivity index (χ0) is 80.6. The number of pyridine rings is 2. The Hall–Kier alpha value is -9.83. The molecule has 113 heavy (non-hydrogen) atoms. The van der Waals surface area contributed by atoms with Crippen molar-refractivity contribution in [2.75, 3.05) is 27.5 Å². The summed E-state index contributed by atoms with van der Waals surface area (Å²) in [5.41, 5.74) is -3.28. The number of alkyl halides is 10. The van der Waals surface area contributed by atoms with Crippen molar-refractivity contribution in [2.24, 2.45) is 25.9 Å². The second-order valence-corrected chi connectivity index (χ2v) is 32.2. The molecule has 0 unspecified atom stereocenters. The van der Waals surface area contributed by atoms with E-state index in [1.54, 1.807) is 31.3 Å². The van der Waals surface area contributed by atoms with Crippen LogP contribution in [0.5, 0.6) is 0 Å². The number of amides is 3. The average molecular weight is 1640 g/mol. The van der Waals surface area contributed by atoms with Crippen molar-refractivity contribution in [3.63, 3.8) is 0 Å². The number of aryl methyl sites for hydroxylation is 2. The minimum Gasteiger partial charge on any atom is -0.870 e. The SMILES string of the molecule is CC(=O)Nc1cnc([C@@H](CC(=O)Cn2nc(C(F)(F)F)c3c2C(F)(F)[C@@H]2C[C@H]32)Cc2cc(F)cc(F)c2)c(-c2cccc3c(CS(C)(=O)=O)nn(C)c23)c1.CC(=O)Nc1cnc([C@@H](CC(=O)Cn2nc(C(F)(F)F)c3c2C(F)(F)[C@@H]2C[C@H]32)Cc2cc(F)cc(F)c2)c(-c2cccc3c(N(C(C)=O)S(C)(=O)=O)nn(C)c23)c1.[Na+].[OH-]. The Bertz CT molecular complexity index is 5770. The molecule has 2 saturated carbocycles. The molecular weight excluding hydrogens is 1570 g/mol. The number of sulfone groups is 1. The van der Waals surface area contributed by atoms with Gasteiger partial charge >= 0.3 is 41.9 Å². The van der Waals surface area contributed by atoms with Crippen LogP contribution in [0, 0.1) is 35.1 Å². The first kappa shape index (κ1) is 84.1. The Labute approximate surface area is 655 Å². The Morgan fingerprint density at radius 2 is 0.956 bits per heavy atom. The number of hydrogen-bond acceptors (Lipinski definition) is 16. The molecule has 14 rings (SSSR count). The predicted octanol–water partition coefficient (Wildman–Crippen LogP) is 10.2. The van der Waals surface area contributed by atoms with Crippen LogP contribution in [-0.4, -0.2) is 113 Å². The first-order valence-electron chi connectivity index (χ1n) is 34.0. The number of hydrogen-bond donors (Lipinski definition) is 2. The number of para-hydroxylation sites is 2. The van der Waals surface area contributed by atoms with Crippen molar-refractivity contribution in [2.45, 2.75) is 126 Å². The van der Waals surface area contributed by atoms with Gasteiger partial charge in [0.2, 0.25) is 27.7 Å². The van der Waals surface area contributed by atoms with Gasteiger partial charge in [-0.05, 0) is 91.1 Å². The number of carbonyl (C=O) groups is 5. The first-order valence-corrected chi connectivity index (χ1v) is 37.9. The molecular formula is C73H64F14N13NaO10S2. The number of carbonyl (C=O) groups excluding carboxylic acids is 5. The van der Waals surface area contributed by atoms with Crippen molar-refractivity contribution < 1.29 is 137 Å². The summed E-state index contributed by atoms with van der Waals surface area (Å²) in [5, 5.41) is 21.5. The van der Waals surface area contributed by atoms with E-state index in [4.69, 9.17) is 0 Å². The van der Waals surface area contributed by atoms with Crippen molar-refractivity contribution in [1.29, 1.82) is 0 Å². The van der Waals surface area contributed by atoms with E-state index in [2.05, 4.69) is 41.0 Å². The van der Waals surface area contributed by atoms with Gasteiger partial charge in [0.1, 0.15) is 47.7 Å². The smallest absolute Gasteiger partial charge is 0.870 e. The van der Waals surface area contributed by atoms with E-state index in [9.17, 15) is 84.7 Å². The second kappa shape index (κ2) is 30.5. The van der Waals surface area contributed by atoms with E-state index in [1.807, 2.05) is 0 Å². The first-order chi connectivity index (χ1) is 51.8. The van der Waals surface area contributed by atoms with Crippen molar-refractivity contribution in [1.82, 2.24) is 49.1 Å². The summed E-state index contributed by atoms with van der Waals surface area (Å²) in [7, 11) is -4.66. The molecule has 0 saturated heterocycles. The maximum atomic E-state index is 15.4. The van der Waals surface area contributed by atoms with Gasteiger partial charge in [0.25, 0.3) is 11.8 Å². The maximum Gasteiger partial charge on any atom is 1.00 e. The minimum absolute atomic E-state index is 0. The number of ketones is 2. The number of nitrogens with zero attached hydrogens (tertiary/aromatic N) is 11. The van der Waals surface area contributed by atoms with Crippen molar-refractivity contribution in [3.05, 3.63) is 183 Å². The summed E-state index contributed by atoms with van der Waals surface area (Å²) in [6.45, 7) is 1.58. The normalized spacial score (nSPS) is 17.5. The molecule has 4 aliphatic carbocycles. The Morgan fingerprint density at radius 3 is 1.33 bits per heavy atom. The van der Waals surface area contributed by atoms with Gasteiger partial charge in [0.15, 0.2) is 38.6 Å². The third-order valence-electron chi connectivity index (χ3n) is 19.6. The number of sulfonamides is 1. The topological polar surface area (TPSA) is 308 Å². The van der Waals surface area contributed by atoms with Crippen LogP contribution in [0.1, 0.15) is 132 Å². The Kier molecular flexibility index (Phi) is 22.7. The molecule has 3 N–H and O–H groups in total. The standard InChI is InChI=1S/C37H32F7N7O5S.C36H31F7N6O4S.Na.H2O/c1-17(52)46-23-13-27(25-6-5-7-26-32(25)49(3)48-35(26)51(18(2)53)57(4,55)56)31(45-15-23)20(8-19-9-21(38)12-22(39)10-19)11-24(54)16-50-34-30(33(47-50)37(42,43)44)28-14-29(28)36(34,40)41;1-17(50)45-22-12-26(24-5-4-6-25-29(16-54(3,52)53)46-48(2)32(24)25)31(44-14-22)19(7-18-8-20(37)11-21(38)9-18)10-23(51)15-49-34-30(33(47-49)36(41,42)43)27-13-28(27)35(34,39)40;;/h5-7,9-10,12-13,15,20,28-29H,8,11,14,16H2,1-4H3,(H,46,52);4-6,8-9,11-12,14,19,27-28H,7,10,13,15-16H2,1-3H3,(H,45,50);;1H2/q;;+1;/p-1/t20-,28+,29-;19-,27+,28-;;/m11../s1. The van der Waals surface area contributed by atoms with Crippen LogP contribution in [0.3, 0.4) is 0 Å². The number of nitrogens with one attached hydrogen (secondary N) is 2. The van der Waals surface area contributed by atoms with Gasteiger partial charge in [-0.15, -0.1) is 0 Å². The molecule has 6 aromatic heterocycles. The van der Waals surface area contributed by atoms with E-state index in [0.717, 1.165) is 43.7 Å². The molecule has 3 amide bonds. The van der Waals surface area contributed by atoms with Crippen LogP contribution in [0.4, 0.5) is 78.7 Å². The molecule has 4 aromatic carbocycles. The van der Waals surface area contributed by atoms with Gasteiger partial charge in [-0.1, -0.05) is 30.3 Å². The summed E-state index contributed by atoms with van der Waals surface area (Å²) >= 11 is 0. The van der Waals surface area contributed by atoms with Crippen molar-refractivity contribution >= 4 is 88.1 Å². The summed E-state index contributed by atoms with van der Waals surface area (Å²) < 4.78 is 257. The van der Waals surface area contributed by atoms with E-state index in [-0.39, 0.29) is 134 Å². The van der Waals surface area contributed by atoms with E-state index in [0.29, 0.717) is 47.8 Å². The fourth-order valence-corrected chi connectivity index (χ4v) is 17.2. The number of anilines is 3. The third kappa shape index (κ3) is 16.8. The number of benzene rings is 4. The van der Waals surface area contributed by atoms with Gasteiger partial charge in [0.05, 0.1) is 63.9 Å². The zero-order valence-electron chi connectivity index (χ0n) is 60.7. The van der Waals surface area contributed by atoms with Gasteiger partial charge in [-0.25, -0.2) is 34.4 Å². The number of halogens is 14. The molecule has 40 heteroatoms. The van der Waals surface area contributed by atoms with E-state index >= 15 is 17.6 Å². The molecule has 4 aliphatic rings. The number of rotatable bonds is 22. The van der Waals surface area contributed by atoms with Crippen LogP contribution in [0.2, 0.25) is 0 Å². The molecule has 0 bridgehead atoms. The van der Waals surface area contributed by atoms with Crippen LogP contribution < -0.4 is 44.5 Å². The molecule has 6 atom stereocenters. The molecule has 2 fully saturated rings. The molecule has 0 aliphatic heterocycles. The van der Waals surface area contributed by atoms with Crippen LogP contribution in [0.15, 0.2) is 97.3 Å². The Balaban J connectivity index is 0.000000220. The summed E-state index contributed by atoms with van der Waals surface area (Å²) in [4.78, 5) is 73.7. The van der Waals surface area contributed by atoms with E-state index in [1.165, 1.54) is 66.9 Å². The van der Waals surface area contributed by atoms with Gasteiger partial charge in [-0.2, -0.15) is 68.6 Å². The second-order valence-electron chi connectivity index (χ2n) is 28.2. The fourth-order valence-electron chi connectivity index (χ4n) is 15.5. The number of aromatic nitrogens is 10. The van der Waals surface area contributed by atoms with Crippen LogP contribution in [-0.2, 0) is 114 Å². The largest absolute Gasteiger partial charge is 1.00 e. The van der Waals surface area contributed by atoms with E-state index < -0.39 is 192 Å². The van der Waals surface area contributed by atoms with Crippen LogP contribution >= 0.6 is 0 Å². The molecule has 0 spiro atoms. The molecule has 10 aromatic rings.